The largest absolute Gasteiger partial charge is 0.480 e. The average Bonchev–Trinajstić information content (AvgIpc) is 3.19. The van der Waals surface area contributed by atoms with Crippen LogP contribution in [-0.2, 0) is 9.59 Å². The highest BCUT2D eigenvalue weighted by Gasteiger charge is 2.36. The van der Waals surface area contributed by atoms with E-state index in [1.807, 2.05) is 6.07 Å². The zero-order chi connectivity index (χ0) is 13.1. The molecule has 3 N–H and O–H groups in total. The van der Waals surface area contributed by atoms with Gasteiger partial charge in [0.1, 0.15) is 12.6 Å². The van der Waals surface area contributed by atoms with Crippen molar-refractivity contribution < 1.29 is 14.7 Å². The molecule has 1 aromatic rings. The van der Waals surface area contributed by atoms with Gasteiger partial charge in [-0.1, -0.05) is 30.3 Å². The van der Waals surface area contributed by atoms with Crippen molar-refractivity contribution in [2.75, 3.05) is 6.54 Å². The highest BCUT2D eigenvalue weighted by molar-refractivity contribution is 5.86. The smallest absolute Gasteiger partial charge is 0.323 e. The van der Waals surface area contributed by atoms with E-state index in [9.17, 15) is 9.59 Å². The van der Waals surface area contributed by atoms with Gasteiger partial charge in [-0.3, -0.25) is 9.59 Å². The third kappa shape index (κ3) is 2.87. The molecule has 0 aromatic heterocycles. The van der Waals surface area contributed by atoms with Crippen molar-refractivity contribution in [2.24, 2.45) is 5.73 Å². The summed E-state index contributed by atoms with van der Waals surface area (Å²) in [5, 5.41) is 8.83. The van der Waals surface area contributed by atoms with Gasteiger partial charge in [0.2, 0.25) is 5.91 Å². The van der Waals surface area contributed by atoms with Gasteiger partial charge < -0.3 is 15.7 Å². The molecule has 1 aromatic carbocycles. The Balaban J connectivity index is 2.10. The minimum Gasteiger partial charge on any atom is -0.480 e. The Bertz CT molecular complexity index is 443. The molecule has 0 bridgehead atoms. The lowest BCUT2D eigenvalue weighted by molar-refractivity contribution is -0.145. The summed E-state index contributed by atoms with van der Waals surface area (Å²) in [5.74, 6) is -1.32. The van der Waals surface area contributed by atoms with Crippen LogP contribution in [0.25, 0.3) is 0 Å². The summed E-state index contributed by atoms with van der Waals surface area (Å²) in [7, 11) is 0. The van der Waals surface area contributed by atoms with Crippen LogP contribution in [0.2, 0.25) is 0 Å². The molecule has 5 heteroatoms. The van der Waals surface area contributed by atoms with Crippen molar-refractivity contribution in [3.63, 3.8) is 0 Å². The van der Waals surface area contributed by atoms with E-state index in [-0.39, 0.29) is 18.5 Å². The number of hydrogen-bond donors (Lipinski definition) is 2. The third-order valence-electron chi connectivity index (χ3n) is 3.00. The first-order chi connectivity index (χ1) is 8.59. The van der Waals surface area contributed by atoms with E-state index in [0.717, 1.165) is 12.8 Å². The second-order valence-electron chi connectivity index (χ2n) is 4.48. The first-order valence-electron chi connectivity index (χ1n) is 5.92. The van der Waals surface area contributed by atoms with Gasteiger partial charge >= 0.3 is 5.97 Å². The molecule has 2 rings (SSSR count). The van der Waals surface area contributed by atoms with Crippen LogP contribution in [0.5, 0.6) is 0 Å². The minimum absolute atomic E-state index is 0.0448. The van der Waals surface area contributed by atoms with Crippen LogP contribution in [0.4, 0.5) is 0 Å². The summed E-state index contributed by atoms with van der Waals surface area (Å²) < 4.78 is 0. The van der Waals surface area contributed by atoms with E-state index < -0.39 is 12.0 Å². The lowest BCUT2D eigenvalue weighted by Crippen LogP contribution is -2.42. The molecule has 0 aliphatic heterocycles. The molecule has 0 heterocycles. The van der Waals surface area contributed by atoms with Crippen molar-refractivity contribution in [2.45, 2.75) is 24.9 Å². The van der Waals surface area contributed by atoms with Gasteiger partial charge in [0, 0.05) is 6.04 Å². The van der Waals surface area contributed by atoms with E-state index >= 15 is 0 Å². The number of aliphatic carboxylic acids is 1. The fourth-order valence-electron chi connectivity index (χ4n) is 1.90. The number of hydrogen-bond acceptors (Lipinski definition) is 3. The number of nitrogens with zero attached hydrogens (tertiary/aromatic N) is 1. The molecule has 1 atom stereocenters. The maximum absolute atomic E-state index is 12.2. The predicted molar refractivity (Wildman–Crippen MR) is 65.7 cm³/mol. The molecule has 0 unspecified atom stereocenters. The maximum atomic E-state index is 12.2. The fraction of sp³-hybridized carbons (Fsp3) is 0.385. The Kier molecular flexibility index (Phi) is 3.62. The Hall–Kier alpha value is -1.88. The molecule has 0 saturated heterocycles. The van der Waals surface area contributed by atoms with Gasteiger partial charge in [0.05, 0.1) is 0 Å². The lowest BCUT2D eigenvalue weighted by Gasteiger charge is -2.24. The third-order valence-corrected chi connectivity index (χ3v) is 3.00. The standard InChI is InChI=1S/C13H16N2O3/c14-12(9-4-2-1-3-5-9)13(18)15(8-11(16)17)10-6-7-10/h1-5,10,12H,6-8,14H2,(H,16,17)/t12-/m1/s1. The second-order valence-corrected chi connectivity index (χ2v) is 4.48. The molecule has 96 valence electrons. The van der Waals surface area contributed by atoms with E-state index in [0.29, 0.717) is 5.56 Å². The maximum Gasteiger partial charge on any atom is 0.323 e. The molecule has 5 nitrogen and oxygen atoms in total. The quantitative estimate of drug-likeness (QED) is 0.805. The molecule has 1 saturated carbocycles. The molecule has 0 spiro atoms. The average molecular weight is 248 g/mol. The second kappa shape index (κ2) is 5.18. The van der Waals surface area contributed by atoms with Gasteiger partial charge in [-0.05, 0) is 18.4 Å². The van der Waals surface area contributed by atoms with Crippen molar-refractivity contribution in [1.29, 1.82) is 0 Å². The molecule has 1 fully saturated rings. The van der Waals surface area contributed by atoms with Crippen LogP contribution in [-0.4, -0.2) is 34.5 Å². The summed E-state index contributed by atoms with van der Waals surface area (Å²) in [6.07, 6.45) is 1.72. The van der Waals surface area contributed by atoms with Gasteiger partial charge in [-0.2, -0.15) is 0 Å². The van der Waals surface area contributed by atoms with Crippen LogP contribution in [0, 0.1) is 0 Å². The van der Waals surface area contributed by atoms with E-state index in [1.54, 1.807) is 24.3 Å². The van der Waals surface area contributed by atoms with Crippen molar-refractivity contribution in [3.05, 3.63) is 35.9 Å². The van der Waals surface area contributed by atoms with Crippen LogP contribution < -0.4 is 5.73 Å². The topological polar surface area (TPSA) is 83.6 Å². The normalized spacial score (nSPS) is 16.1. The first kappa shape index (κ1) is 12.6. The number of nitrogens with two attached hydrogens (primary N) is 1. The minimum atomic E-state index is -1.00. The highest BCUT2D eigenvalue weighted by atomic mass is 16.4. The molecule has 1 aliphatic rings. The lowest BCUT2D eigenvalue weighted by atomic mass is 10.1. The Labute approximate surface area is 105 Å². The van der Waals surface area contributed by atoms with Crippen molar-refractivity contribution in [1.82, 2.24) is 4.90 Å². The van der Waals surface area contributed by atoms with Gasteiger partial charge in [0.25, 0.3) is 0 Å². The number of benzene rings is 1. The number of carboxylic acids is 1. The summed E-state index contributed by atoms with van der Waals surface area (Å²) in [5.41, 5.74) is 6.60. The van der Waals surface area contributed by atoms with Crippen LogP contribution in [0.15, 0.2) is 30.3 Å². The molecule has 1 amide bonds. The molecular weight excluding hydrogens is 232 g/mol. The number of rotatable bonds is 5. The highest BCUT2D eigenvalue weighted by Crippen LogP contribution is 2.28. The zero-order valence-electron chi connectivity index (χ0n) is 9.95. The molecule has 1 aliphatic carbocycles. The summed E-state index contributed by atoms with van der Waals surface area (Å²) in [4.78, 5) is 24.3. The SMILES string of the molecule is N[C@@H](C(=O)N(CC(=O)O)C1CC1)c1ccccc1. The molecular formula is C13H16N2O3. The Morgan fingerprint density at radius 3 is 2.44 bits per heavy atom. The first-order valence-corrected chi connectivity index (χ1v) is 5.92. The van der Waals surface area contributed by atoms with Crippen molar-refractivity contribution in [3.8, 4) is 0 Å². The van der Waals surface area contributed by atoms with Crippen LogP contribution in [0.3, 0.4) is 0 Å². The zero-order valence-corrected chi connectivity index (χ0v) is 9.95. The summed E-state index contributed by atoms with van der Waals surface area (Å²) in [6, 6.07) is 8.26. The predicted octanol–water partition coefficient (Wildman–Crippen LogP) is 0.762. The molecule has 18 heavy (non-hydrogen) atoms. The van der Waals surface area contributed by atoms with Crippen LogP contribution >= 0.6 is 0 Å². The summed E-state index contributed by atoms with van der Waals surface area (Å²) >= 11 is 0. The van der Waals surface area contributed by atoms with E-state index in [1.165, 1.54) is 4.90 Å². The summed E-state index contributed by atoms with van der Waals surface area (Å²) in [6.45, 7) is -0.274. The van der Waals surface area contributed by atoms with E-state index in [2.05, 4.69) is 0 Å². The number of carboxylic acid groups (broad SMARTS) is 1. The van der Waals surface area contributed by atoms with E-state index in [4.69, 9.17) is 10.8 Å². The monoisotopic (exact) mass is 248 g/mol. The van der Waals surface area contributed by atoms with Gasteiger partial charge in [0.15, 0.2) is 0 Å². The van der Waals surface area contributed by atoms with Crippen molar-refractivity contribution >= 4 is 11.9 Å². The number of carbonyl (C=O) groups excluding carboxylic acids is 1. The fourth-order valence-corrected chi connectivity index (χ4v) is 1.90. The molecule has 0 radical (unpaired) electrons. The Morgan fingerprint density at radius 1 is 1.33 bits per heavy atom. The van der Waals surface area contributed by atoms with Gasteiger partial charge in [-0.15, -0.1) is 0 Å². The van der Waals surface area contributed by atoms with Crippen LogP contribution in [0.1, 0.15) is 24.4 Å². The van der Waals surface area contributed by atoms with Gasteiger partial charge in [-0.25, -0.2) is 0 Å². The number of carbonyl (C=O) groups is 2. The number of amides is 1. The Morgan fingerprint density at radius 2 is 1.94 bits per heavy atom.